The number of carbonyl (C=O) groups is 3. The number of aliphatic hydroxyl groups is 1. The quantitative estimate of drug-likeness (QED) is 0.0377. The van der Waals surface area contributed by atoms with Gasteiger partial charge < -0.3 is 25.0 Å². The van der Waals surface area contributed by atoms with Crippen molar-refractivity contribution in [2.24, 2.45) is 5.92 Å². The highest BCUT2D eigenvalue weighted by Gasteiger charge is 2.11. The van der Waals surface area contributed by atoms with Crippen LogP contribution in [0.1, 0.15) is 156 Å². The number of aliphatic hydroxyl groups excluding tert-OH is 1. The van der Waals surface area contributed by atoms with Gasteiger partial charge in [0, 0.05) is 12.5 Å². The maximum absolute atomic E-state index is 11.9. The van der Waals surface area contributed by atoms with Gasteiger partial charge in [0.15, 0.2) is 0 Å². The van der Waals surface area contributed by atoms with Crippen LogP contribution >= 0.6 is 0 Å². The molecule has 50 heavy (non-hydrogen) atoms. The first-order valence-corrected chi connectivity index (χ1v) is 19.2. The first-order valence-electron chi connectivity index (χ1n) is 19.2. The van der Waals surface area contributed by atoms with Crippen molar-refractivity contribution in [2.45, 2.75) is 162 Å². The lowest BCUT2D eigenvalue weighted by atomic mass is 10.0. The molecule has 0 heterocycles. The van der Waals surface area contributed by atoms with Gasteiger partial charge in [0.05, 0.1) is 19.9 Å². The van der Waals surface area contributed by atoms with Gasteiger partial charge in [0.25, 0.3) is 0 Å². The van der Waals surface area contributed by atoms with E-state index >= 15 is 0 Å². The number of ether oxygens (including phenoxy) is 2. The van der Waals surface area contributed by atoms with Gasteiger partial charge in [-0.3, -0.25) is 9.69 Å². The Morgan fingerprint density at radius 2 is 1.26 bits per heavy atom. The first-order chi connectivity index (χ1) is 23.9. The third-order valence-electron chi connectivity index (χ3n) is 8.17. The Bertz CT molecular complexity index is 978. The molecule has 2 unspecified atom stereocenters. The van der Waals surface area contributed by atoms with Crippen molar-refractivity contribution < 1.29 is 34.1 Å². The minimum Gasteiger partial charge on any atom is -0.497 e. The van der Waals surface area contributed by atoms with E-state index in [0.717, 1.165) is 30.6 Å². The molecule has 0 aliphatic rings. The van der Waals surface area contributed by atoms with Crippen LogP contribution in [0.3, 0.4) is 0 Å². The second-order valence-corrected chi connectivity index (χ2v) is 13.6. The number of hydrogen-bond acceptors (Lipinski definition) is 7. The number of carboxylic acids is 1. The van der Waals surface area contributed by atoms with Gasteiger partial charge >= 0.3 is 11.9 Å². The molecule has 3 N–H and O–H groups in total. The standard InChI is InChI=1S/C23H48N2O.C15H20O3.C3H6O3/c1-5-7-8-9-10-11-12-13-14-15-16-17-18-19-20-21-23(26)24-22(6-2)25(3)4;1-12(2)10-11-18-15(16)9-6-13-4-7-14(17-3)8-5-13;1-2(4)3(5)6/h22H,5-21H2,1-4H3,(H,24,26);4-9,12H,10-11H2,1-3H3;2,4H,1H3,(H,5,6). The van der Waals surface area contributed by atoms with Crippen LogP contribution in [0.4, 0.5) is 0 Å². The minimum atomic E-state index is -1.23. The molecule has 0 spiro atoms. The summed E-state index contributed by atoms with van der Waals surface area (Å²) < 4.78 is 10.1. The van der Waals surface area contributed by atoms with Crippen LogP contribution in [-0.2, 0) is 19.1 Å². The van der Waals surface area contributed by atoms with E-state index in [1.807, 2.05) is 38.4 Å². The highest BCUT2D eigenvalue weighted by atomic mass is 16.5. The molecule has 1 amide bonds. The maximum atomic E-state index is 11.9. The summed E-state index contributed by atoms with van der Waals surface area (Å²) in [6.45, 7) is 10.3. The zero-order valence-electron chi connectivity index (χ0n) is 33.0. The molecular formula is C41H74N2O7. The van der Waals surface area contributed by atoms with Crippen molar-refractivity contribution in [1.82, 2.24) is 10.2 Å². The van der Waals surface area contributed by atoms with Crippen molar-refractivity contribution in [3.63, 3.8) is 0 Å². The number of aliphatic carboxylic acids is 1. The average Bonchev–Trinajstić information content (AvgIpc) is 3.08. The van der Waals surface area contributed by atoms with Gasteiger partial charge in [0.1, 0.15) is 11.9 Å². The van der Waals surface area contributed by atoms with E-state index in [1.165, 1.54) is 103 Å². The van der Waals surface area contributed by atoms with E-state index in [0.29, 0.717) is 18.9 Å². The van der Waals surface area contributed by atoms with E-state index in [1.54, 1.807) is 13.2 Å². The molecule has 0 saturated heterocycles. The van der Waals surface area contributed by atoms with Gasteiger partial charge in [-0.1, -0.05) is 130 Å². The maximum Gasteiger partial charge on any atom is 0.332 e. The van der Waals surface area contributed by atoms with Crippen LogP contribution in [0.5, 0.6) is 5.75 Å². The number of benzene rings is 1. The summed E-state index contributed by atoms with van der Waals surface area (Å²) in [5.41, 5.74) is 0.941. The van der Waals surface area contributed by atoms with Crippen molar-refractivity contribution in [1.29, 1.82) is 0 Å². The predicted molar refractivity (Wildman–Crippen MR) is 207 cm³/mol. The van der Waals surface area contributed by atoms with E-state index < -0.39 is 12.1 Å². The summed E-state index contributed by atoms with van der Waals surface area (Å²) in [4.78, 5) is 34.8. The predicted octanol–water partition coefficient (Wildman–Crippen LogP) is 9.41. The lowest BCUT2D eigenvalue weighted by Gasteiger charge is -2.23. The second-order valence-electron chi connectivity index (χ2n) is 13.6. The number of carboxylic acid groups (broad SMARTS) is 1. The first kappa shape index (κ1) is 49.2. The minimum absolute atomic E-state index is 0.179. The Morgan fingerprint density at radius 1 is 0.800 bits per heavy atom. The fraction of sp³-hybridized carbons (Fsp3) is 0.732. The Morgan fingerprint density at radius 3 is 1.64 bits per heavy atom. The van der Waals surface area contributed by atoms with Gasteiger partial charge in [-0.25, -0.2) is 9.59 Å². The van der Waals surface area contributed by atoms with Crippen LogP contribution in [0, 0.1) is 5.92 Å². The van der Waals surface area contributed by atoms with Crippen LogP contribution in [0.2, 0.25) is 0 Å². The number of hydrogen-bond donors (Lipinski definition) is 3. The number of unbranched alkanes of at least 4 members (excludes halogenated alkanes) is 14. The molecule has 1 aromatic rings. The summed E-state index contributed by atoms with van der Waals surface area (Å²) in [6.07, 6.45) is 25.1. The third-order valence-corrected chi connectivity index (χ3v) is 8.17. The summed E-state index contributed by atoms with van der Waals surface area (Å²) in [5, 5.41) is 18.9. The molecule has 0 aliphatic carbocycles. The summed E-state index contributed by atoms with van der Waals surface area (Å²) >= 11 is 0. The molecule has 0 radical (unpaired) electrons. The van der Waals surface area contributed by atoms with Crippen molar-refractivity contribution >= 4 is 23.9 Å². The normalized spacial score (nSPS) is 12.1. The van der Waals surface area contributed by atoms with Gasteiger partial charge in [-0.15, -0.1) is 0 Å². The zero-order valence-corrected chi connectivity index (χ0v) is 33.0. The Balaban J connectivity index is 0. The number of methoxy groups -OCH3 is 1. The van der Waals surface area contributed by atoms with E-state index in [2.05, 4.69) is 37.9 Å². The molecule has 0 aliphatic heterocycles. The Labute approximate surface area is 305 Å². The van der Waals surface area contributed by atoms with E-state index in [9.17, 15) is 14.4 Å². The highest BCUT2D eigenvalue weighted by molar-refractivity contribution is 5.87. The number of amides is 1. The smallest absolute Gasteiger partial charge is 0.332 e. The molecule has 0 aromatic heterocycles. The topological polar surface area (TPSA) is 125 Å². The lowest BCUT2D eigenvalue weighted by Crippen LogP contribution is -2.44. The number of esters is 1. The zero-order chi connectivity index (χ0) is 38.0. The summed E-state index contributed by atoms with van der Waals surface area (Å²) in [5.74, 6) is 0.0664. The summed E-state index contributed by atoms with van der Waals surface area (Å²) in [6, 6.07) is 7.47. The van der Waals surface area contributed by atoms with Crippen LogP contribution in [-0.4, -0.2) is 73.0 Å². The monoisotopic (exact) mass is 707 g/mol. The van der Waals surface area contributed by atoms with E-state index in [4.69, 9.17) is 19.7 Å². The Kier molecular flexibility index (Phi) is 34.0. The average molecular weight is 707 g/mol. The van der Waals surface area contributed by atoms with Gasteiger partial charge in [0.2, 0.25) is 5.91 Å². The molecule has 0 bridgehead atoms. The third kappa shape index (κ3) is 33.6. The molecular weight excluding hydrogens is 632 g/mol. The molecule has 1 rings (SSSR count). The van der Waals surface area contributed by atoms with Gasteiger partial charge in [-0.05, 0) is 70.0 Å². The van der Waals surface area contributed by atoms with E-state index in [-0.39, 0.29) is 18.0 Å². The molecule has 1 aromatic carbocycles. The molecule has 0 saturated carbocycles. The van der Waals surface area contributed by atoms with Crippen LogP contribution in [0.25, 0.3) is 6.08 Å². The van der Waals surface area contributed by atoms with Crippen LogP contribution in [0.15, 0.2) is 30.3 Å². The largest absolute Gasteiger partial charge is 0.497 e. The number of carbonyl (C=O) groups excluding carboxylic acids is 2. The SMILES string of the molecule is CC(O)C(=O)O.CCCCCCCCCCCCCCCCCC(=O)NC(CC)N(C)C.COc1ccc(C=CC(=O)OCCC(C)C)cc1. The number of nitrogens with zero attached hydrogens (tertiary/aromatic N) is 1. The van der Waals surface area contributed by atoms with Gasteiger partial charge in [-0.2, -0.15) is 0 Å². The lowest BCUT2D eigenvalue weighted by molar-refractivity contribution is -0.145. The second kappa shape index (κ2) is 34.5. The Hall–Kier alpha value is -2.91. The van der Waals surface area contributed by atoms with Crippen molar-refractivity contribution in [3.8, 4) is 5.75 Å². The van der Waals surface area contributed by atoms with Crippen LogP contribution < -0.4 is 10.1 Å². The van der Waals surface area contributed by atoms with Crippen molar-refractivity contribution in [2.75, 3.05) is 27.8 Å². The summed E-state index contributed by atoms with van der Waals surface area (Å²) in [7, 11) is 5.65. The highest BCUT2D eigenvalue weighted by Crippen LogP contribution is 2.14. The van der Waals surface area contributed by atoms with Crippen molar-refractivity contribution in [3.05, 3.63) is 35.9 Å². The number of nitrogens with one attached hydrogen (secondary N) is 1. The number of rotatable bonds is 26. The molecule has 9 nitrogen and oxygen atoms in total. The molecule has 9 heteroatoms. The molecule has 290 valence electrons. The molecule has 0 fully saturated rings. The molecule has 2 atom stereocenters. The fourth-order valence-corrected chi connectivity index (χ4v) is 4.83. The fourth-order valence-electron chi connectivity index (χ4n) is 4.83.